The van der Waals surface area contributed by atoms with E-state index in [1.165, 1.54) is 6.08 Å². The summed E-state index contributed by atoms with van der Waals surface area (Å²) in [6, 6.07) is 9.55. The van der Waals surface area contributed by atoms with Gasteiger partial charge in [-0.05, 0) is 12.0 Å². The van der Waals surface area contributed by atoms with E-state index in [4.69, 9.17) is 10.5 Å². The van der Waals surface area contributed by atoms with Crippen LogP contribution in [0.25, 0.3) is 0 Å². The predicted octanol–water partition coefficient (Wildman–Crippen LogP) is 2.37. The summed E-state index contributed by atoms with van der Waals surface area (Å²) in [5.74, 6) is -0.380. The lowest BCUT2D eigenvalue weighted by atomic mass is 10.2. The average molecular weight is 219 g/mol. The molecule has 1 rings (SSSR count). The van der Waals surface area contributed by atoms with Gasteiger partial charge in [0.15, 0.2) is 0 Å². The Balaban J connectivity index is 2.39. The summed E-state index contributed by atoms with van der Waals surface area (Å²) in [5.41, 5.74) is 7.15. The highest BCUT2D eigenvalue weighted by Crippen LogP contribution is 2.02. The van der Waals surface area contributed by atoms with Gasteiger partial charge in [0, 0.05) is 11.8 Å². The van der Waals surface area contributed by atoms with Crippen LogP contribution >= 0.6 is 0 Å². The number of esters is 1. The fraction of sp³-hybridized carbons (Fsp3) is 0.308. The van der Waals surface area contributed by atoms with E-state index < -0.39 is 0 Å². The number of ether oxygens (including phenoxy) is 1. The van der Waals surface area contributed by atoms with Crippen LogP contribution < -0.4 is 5.73 Å². The largest absolute Gasteiger partial charge is 0.458 e. The van der Waals surface area contributed by atoms with Crippen LogP contribution in [0.5, 0.6) is 0 Å². The summed E-state index contributed by atoms with van der Waals surface area (Å²) in [5, 5.41) is 0. The molecule has 3 nitrogen and oxygen atoms in total. The van der Waals surface area contributed by atoms with Crippen LogP contribution in [-0.2, 0) is 16.1 Å². The van der Waals surface area contributed by atoms with Crippen molar-refractivity contribution in [2.24, 2.45) is 5.73 Å². The fourth-order valence-corrected chi connectivity index (χ4v) is 1.28. The second-order valence-electron chi connectivity index (χ2n) is 3.56. The Morgan fingerprint density at radius 3 is 2.69 bits per heavy atom. The lowest BCUT2D eigenvalue weighted by Gasteiger charge is -2.02. The fourth-order valence-electron chi connectivity index (χ4n) is 1.28. The lowest BCUT2D eigenvalue weighted by Crippen LogP contribution is -2.06. The molecule has 0 aromatic heterocycles. The molecule has 0 radical (unpaired) electrons. The molecule has 1 aromatic rings. The Morgan fingerprint density at radius 1 is 1.38 bits per heavy atom. The Morgan fingerprint density at radius 2 is 2.06 bits per heavy atom. The van der Waals surface area contributed by atoms with E-state index in [0.717, 1.165) is 18.4 Å². The monoisotopic (exact) mass is 219 g/mol. The average Bonchev–Trinajstić information content (AvgIpc) is 2.28. The molecule has 0 aliphatic carbocycles. The Labute approximate surface area is 95.9 Å². The highest BCUT2D eigenvalue weighted by molar-refractivity contribution is 5.82. The van der Waals surface area contributed by atoms with Crippen molar-refractivity contribution in [3.8, 4) is 0 Å². The van der Waals surface area contributed by atoms with Crippen molar-refractivity contribution in [3.05, 3.63) is 47.7 Å². The predicted molar refractivity (Wildman–Crippen MR) is 63.4 cm³/mol. The first-order chi connectivity index (χ1) is 7.72. The van der Waals surface area contributed by atoms with Gasteiger partial charge in [-0.15, -0.1) is 0 Å². The van der Waals surface area contributed by atoms with Gasteiger partial charge < -0.3 is 10.5 Å². The SMILES string of the molecule is CCC/C(N)=C/C(=O)OCc1ccccc1. The number of nitrogens with two attached hydrogens (primary N) is 1. The molecule has 0 amide bonds. The van der Waals surface area contributed by atoms with E-state index in [0.29, 0.717) is 5.70 Å². The van der Waals surface area contributed by atoms with Crippen molar-refractivity contribution in [3.63, 3.8) is 0 Å². The van der Waals surface area contributed by atoms with Crippen LogP contribution in [-0.4, -0.2) is 5.97 Å². The minimum atomic E-state index is -0.380. The molecular weight excluding hydrogens is 202 g/mol. The molecule has 0 aliphatic rings. The summed E-state index contributed by atoms with van der Waals surface area (Å²) < 4.78 is 5.05. The topological polar surface area (TPSA) is 52.3 Å². The van der Waals surface area contributed by atoms with Gasteiger partial charge in [-0.1, -0.05) is 43.7 Å². The number of benzene rings is 1. The number of carbonyl (C=O) groups is 1. The second-order valence-corrected chi connectivity index (χ2v) is 3.56. The maximum atomic E-state index is 11.3. The van der Waals surface area contributed by atoms with Crippen LogP contribution in [0, 0.1) is 0 Å². The van der Waals surface area contributed by atoms with E-state index in [-0.39, 0.29) is 12.6 Å². The van der Waals surface area contributed by atoms with Crippen LogP contribution in [0.4, 0.5) is 0 Å². The number of allylic oxidation sites excluding steroid dienone is 1. The van der Waals surface area contributed by atoms with Crippen molar-refractivity contribution in [1.29, 1.82) is 0 Å². The number of carbonyl (C=O) groups excluding carboxylic acids is 1. The van der Waals surface area contributed by atoms with Crippen molar-refractivity contribution in [2.75, 3.05) is 0 Å². The number of hydrogen-bond acceptors (Lipinski definition) is 3. The molecule has 0 atom stereocenters. The minimum absolute atomic E-state index is 0.287. The third-order valence-electron chi connectivity index (χ3n) is 2.07. The summed E-state index contributed by atoms with van der Waals surface area (Å²) in [6.07, 6.45) is 3.00. The second kappa shape index (κ2) is 6.67. The number of hydrogen-bond donors (Lipinski definition) is 1. The summed E-state index contributed by atoms with van der Waals surface area (Å²) >= 11 is 0. The molecule has 0 bridgehead atoms. The zero-order valence-corrected chi connectivity index (χ0v) is 9.48. The smallest absolute Gasteiger partial charge is 0.332 e. The lowest BCUT2D eigenvalue weighted by molar-refractivity contribution is -0.139. The van der Waals surface area contributed by atoms with Gasteiger partial charge in [-0.2, -0.15) is 0 Å². The summed E-state index contributed by atoms with van der Waals surface area (Å²) in [4.78, 5) is 11.3. The molecule has 0 spiro atoms. The van der Waals surface area contributed by atoms with Crippen LogP contribution in [0.2, 0.25) is 0 Å². The Kier molecular flexibility index (Phi) is 5.12. The summed E-state index contributed by atoms with van der Waals surface area (Å²) in [7, 11) is 0. The van der Waals surface area contributed by atoms with E-state index >= 15 is 0 Å². The van der Waals surface area contributed by atoms with Crippen LogP contribution in [0.15, 0.2) is 42.1 Å². The first-order valence-electron chi connectivity index (χ1n) is 5.39. The standard InChI is InChI=1S/C13H17NO2/c1-2-6-12(14)9-13(15)16-10-11-7-4-3-5-8-11/h3-5,7-9H,2,6,10,14H2,1H3/b12-9-. The van der Waals surface area contributed by atoms with Crippen molar-refractivity contribution >= 4 is 5.97 Å². The third-order valence-corrected chi connectivity index (χ3v) is 2.07. The molecule has 3 heteroatoms. The van der Waals surface area contributed by atoms with Gasteiger partial charge in [-0.3, -0.25) is 0 Å². The first kappa shape index (κ1) is 12.3. The minimum Gasteiger partial charge on any atom is -0.458 e. The van der Waals surface area contributed by atoms with E-state index in [2.05, 4.69) is 0 Å². The zero-order chi connectivity index (χ0) is 11.8. The molecular formula is C13H17NO2. The molecule has 0 saturated carbocycles. The first-order valence-corrected chi connectivity index (χ1v) is 5.39. The molecule has 16 heavy (non-hydrogen) atoms. The van der Waals surface area contributed by atoms with E-state index in [1.54, 1.807) is 0 Å². The quantitative estimate of drug-likeness (QED) is 0.611. The van der Waals surface area contributed by atoms with Crippen molar-refractivity contribution in [1.82, 2.24) is 0 Å². The maximum Gasteiger partial charge on any atom is 0.332 e. The molecule has 0 heterocycles. The van der Waals surface area contributed by atoms with Crippen molar-refractivity contribution in [2.45, 2.75) is 26.4 Å². The summed E-state index contributed by atoms with van der Waals surface area (Å²) in [6.45, 7) is 2.30. The van der Waals surface area contributed by atoms with Crippen molar-refractivity contribution < 1.29 is 9.53 Å². The van der Waals surface area contributed by atoms with Gasteiger partial charge in [0.05, 0.1) is 0 Å². The van der Waals surface area contributed by atoms with Gasteiger partial charge in [0.2, 0.25) is 0 Å². The Bertz CT molecular complexity index is 357. The molecule has 0 fully saturated rings. The maximum absolute atomic E-state index is 11.3. The highest BCUT2D eigenvalue weighted by atomic mass is 16.5. The van der Waals surface area contributed by atoms with Crippen LogP contribution in [0.3, 0.4) is 0 Å². The van der Waals surface area contributed by atoms with Gasteiger partial charge >= 0.3 is 5.97 Å². The van der Waals surface area contributed by atoms with E-state index in [9.17, 15) is 4.79 Å². The molecule has 0 saturated heterocycles. The molecule has 0 unspecified atom stereocenters. The molecule has 86 valence electrons. The molecule has 1 aromatic carbocycles. The molecule has 2 N–H and O–H groups in total. The van der Waals surface area contributed by atoms with Gasteiger partial charge in [0.1, 0.15) is 6.61 Å². The van der Waals surface area contributed by atoms with E-state index in [1.807, 2.05) is 37.3 Å². The number of rotatable bonds is 5. The van der Waals surface area contributed by atoms with Gasteiger partial charge in [-0.25, -0.2) is 4.79 Å². The Hall–Kier alpha value is -1.77. The molecule has 0 aliphatic heterocycles. The normalized spacial score (nSPS) is 11.2. The third kappa shape index (κ3) is 4.64. The van der Waals surface area contributed by atoms with Crippen LogP contribution in [0.1, 0.15) is 25.3 Å². The van der Waals surface area contributed by atoms with Gasteiger partial charge in [0.25, 0.3) is 0 Å². The highest BCUT2D eigenvalue weighted by Gasteiger charge is 2.00. The zero-order valence-electron chi connectivity index (χ0n) is 9.48.